The maximum Gasteiger partial charge on any atom is 0.223 e. The highest BCUT2D eigenvalue weighted by molar-refractivity contribution is 7.98. The van der Waals surface area contributed by atoms with E-state index in [2.05, 4.69) is 27.5 Å². The third-order valence-corrected chi connectivity index (χ3v) is 6.42. The number of hydrogen-bond donors (Lipinski definition) is 1. The number of carbonyl (C=O) groups is 1. The number of piperazine rings is 1. The van der Waals surface area contributed by atoms with E-state index in [-0.39, 0.29) is 5.91 Å². The van der Waals surface area contributed by atoms with Crippen molar-refractivity contribution in [3.63, 3.8) is 0 Å². The van der Waals surface area contributed by atoms with Crippen LogP contribution in [0.4, 0.5) is 0 Å². The number of quaternary nitrogens is 1. The molecule has 1 aliphatic heterocycles. The fraction of sp³-hybridized carbons (Fsp3) is 0.526. The minimum absolute atomic E-state index is 0.257. The topological polar surface area (TPSA) is 50.5 Å². The molecule has 0 unspecified atom stereocenters. The first-order valence-electron chi connectivity index (χ1n) is 9.08. The van der Waals surface area contributed by atoms with Crippen LogP contribution in [0.2, 0.25) is 0 Å². The first-order valence-corrected chi connectivity index (χ1v) is 11.2. The number of thioether (sulfide) groups is 1. The Labute approximate surface area is 163 Å². The summed E-state index contributed by atoms with van der Waals surface area (Å²) in [5.74, 6) is 0.257. The van der Waals surface area contributed by atoms with Crippen molar-refractivity contribution < 1.29 is 9.69 Å². The molecule has 3 rings (SSSR count). The second kappa shape index (κ2) is 8.97. The van der Waals surface area contributed by atoms with Gasteiger partial charge in [0, 0.05) is 17.8 Å². The first-order chi connectivity index (χ1) is 12.6. The molecule has 2 aromatic rings. The van der Waals surface area contributed by atoms with Crippen LogP contribution in [0.1, 0.15) is 28.2 Å². The van der Waals surface area contributed by atoms with E-state index in [9.17, 15) is 4.79 Å². The van der Waals surface area contributed by atoms with Gasteiger partial charge < -0.3 is 9.80 Å². The number of hydrogen-bond acceptors (Lipinski definition) is 5. The molecular weight excluding hydrogens is 364 g/mol. The van der Waals surface area contributed by atoms with E-state index in [1.165, 1.54) is 4.88 Å². The molecule has 140 valence electrons. The Hall–Kier alpha value is -1.44. The summed E-state index contributed by atoms with van der Waals surface area (Å²) in [5.41, 5.74) is 3.12. The monoisotopic (exact) mass is 391 g/mol. The SMILES string of the molecule is CSc1nc(C)c(CCC(=O)N2CC[NH+](Cc3cccs3)CC2)c(C)n1. The van der Waals surface area contributed by atoms with E-state index in [0.29, 0.717) is 6.42 Å². The van der Waals surface area contributed by atoms with Crippen LogP contribution in [0.25, 0.3) is 0 Å². The zero-order valence-electron chi connectivity index (χ0n) is 15.7. The second-order valence-corrected chi connectivity index (χ2v) is 8.55. The molecule has 7 heteroatoms. The number of carbonyl (C=O) groups excluding carboxylic acids is 1. The molecule has 0 atom stereocenters. The van der Waals surface area contributed by atoms with Crippen LogP contribution < -0.4 is 4.90 Å². The Morgan fingerprint density at radius 2 is 1.96 bits per heavy atom. The summed E-state index contributed by atoms with van der Waals surface area (Å²) in [7, 11) is 0. The van der Waals surface area contributed by atoms with E-state index < -0.39 is 0 Å². The van der Waals surface area contributed by atoms with Crippen molar-refractivity contribution in [3.05, 3.63) is 39.3 Å². The zero-order chi connectivity index (χ0) is 18.5. The van der Waals surface area contributed by atoms with Crippen LogP contribution in [-0.4, -0.2) is 53.2 Å². The molecule has 1 fully saturated rings. The van der Waals surface area contributed by atoms with Gasteiger partial charge in [-0.2, -0.15) is 0 Å². The van der Waals surface area contributed by atoms with E-state index in [4.69, 9.17) is 0 Å². The first kappa shape index (κ1) is 19.3. The standard InChI is InChI=1S/C19H26N4OS2/c1-14-17(15(2)21-19(20-14)25-3)6-7-18(24)23-10-8-22(9-11-23)13-16-5-4-12-26-16/h4-5,12H,6-11,13H2,1-3H3/p+1. The van der Waals surface area contributed by atoms with Crippen molar-refractivity contribution in [2.45, 2.75) is 38.4 Å². The Bertz CT molecular complexity index is 717. The molecule has 5 nitrogen and oxygen atoms in total. The lowest BCUT2D eigenvalue weighted by Crippen LogP contribution is -3.13. The van der Waals surface area contributed by atoms with Gasteiger partial charge in [-0.25, -0.2) is 9.97 Å². The molecule has 0 bridgehead atoms. The van der Waals surface area contributed by atoms with Crippen LogP contribution in [0.3, 0.4) is 0 Å². The summed E-state index contributed by atoms with van der Waals surface area (Å²) in [6.45, 7) is 8.90. The molecule has 1 saturated heterocycles. The molecule has 1 amide bonds. The average Bonchev–Trinajstić information content (AvgIpc) is 3.14. The van der Waals surface area contributed by atoms with Gasteiger partial charge in [0.05, 0.1) is 31.1 Å². The molecule has 26 heavy (non-hydrogen) atoms. The van der Waals surface area contributed by atoms with Gasteiger partial charge in [0.15, 0.2) is 5.16 Å². The number of aryl methyl sites for hydroxylation is 2. The predicted octanol–water partition coefficient (Wildman–Crippen LogP) is 1.74. The highest BCUT2D eigenvalue weighted by Gasteiger charge is 2.24. The highest BCUT2D eigenvalue weighted by atomic mass is 32.2. The highest BCUT2D eigenvalue weighted by Crippen LogP contribution is 2.17. The summed E-state index contributed by atoms with van der Waals surface area (Å²) >= 11 is 3.38. The summed E-state index contributed by atoms with van der Waals surface area (Å²) in [6.07, 6.45) is 3.26. The number of nitrogens with zero attached hydrogens (tertiary/aromatic N) is 3. The third-order valence-electron chi connectivity index (χ3n) is 5.00. The van der Waals surface area contributed by atoms with E-state index in [1.54, 1.807) is 16.7 Å². The number of nitrogens with one attached hydrogen (secondary N) is 1. The Morgan fingerprint density at radius 1 is 1.27 bits per heavy atom. The van der Waals surface area contributed by atoms with Crippen molar-refractivity contribution in [1.29, 1.82) is 0 Å². The van der Waals surface area contributed by atoms with Gasteiger partial charge in [0.25, 0.3) is 0 Å². The quantitative estimate of drug-likeness (QED) is 0.602. The third kappa shape index (κ3) is 4.84. The molecule has 2 aromatic heterocycles. The Balaban J connectivity index is 1.49. The molecule has 3 heterocycles. The van der Waals surface area contributed by atoms with Crippen molar-refractivity contribution in [2.24, 2.45) is 0 Å². The van der Waals surface area contributed by atoms with Gasteiger partial charge in [-0.1, -0.05) is 17.8 Å². The van der Waals surface area contributed by atoms with Crippen LogP contribution in [0, 0.1) is 13.8 Å². The normalized spacial score (nSPS) is 15.4. The van der Waals surface area contributed by atoms with Crippen LogP contribution >= 0.6 is 23.1 Å². The summed E-state index contributed by atoms with van der Waals surface area (Å²) in [5, 5.41) is 2.94. The van der Waals surface area contributed by atoms with Crippen LogP contribution in [0.5, 0.6) is 0 Å². The molecule has 0 spiro atoms. The smallest absolute Gasteiger partial charge is 0.223 e. The summed E-state index contributed by atoms with van der Waals surface area (Å²) in [6, 6.07) is 4.31. The Morgan fingerprint density at radius 3 is 2.54 bits per heavy atom. The zero-order valence-corrected chi connectivity index (χ0v) is 17.4. The van der Waals surface area contributed by atoms with Gasteiger partial charge in [-0.15, -0.1) is 11.3 Å². The summed E-state index contributed by atoms with van der Waals surface area (Å²) in [4.78, 5) is 26.7. The maximum atomic E-state index is 12.6. The van der Waals surface area contributed by atoms with E-state index in [0.717, 1.165) is 61.3 Å². The lowest BCUT2D eigenvalue weighted by molar-refractivity contribution is -0.917. The predicted molar refractivity (Wildman–Crippen MR) is 107 cm³/mol. The lowest BCUT2D eigenvalue weighted by Gasteiger charge is -2.32. The van der Waals surface area contributed by atoms with Gasteiger partial charge in [0.1, 0.15) is 6.54 Å². The largest absolute Gasteiger partial charge is 0.331 e. The molecule has 1 N–H and O–H groups in total. The van der Waals surface area contributed by atoms with Crippen molar-refractivity contribution in [3.8, 4) is 0 Å². The minimum Gasteiger partial charge on any atom is -0.331 e. The van der Waals surface area contributed by atoms with Crippen LogP contribution in [-0.2, 0) is 17.8 Å². The fourth-order valence-electron chi connectivity index (χ4n) is 3.46. The van der Waals surface area contributed by atoms with Gasteiger partial charge in [-0.3, -0.25) is 4.79 Å². The molecule has 0 aliphatic carbocycles. The second-order valence-electron chi connectivity index (χ2n) is 6.75. The van der Waals surface area contributed by atoms with E-state index in [1.807, 2.05) is 36.3 Å². The van der Waals surface area contributed by atoms with Crippen LogP contribution in [0.15, 0.2) is 22.7 Å². The average molecular weight is 392 g/mol. The number of amides is 1. The summed E-state index contributed by atoms with van der Waals surface area (Å²) < 4.78 is 0. The number of rotatable bonds is 6. The number of aromatic nitrogens is 2. The maximum absolute atomic E-state index is 12.6. The molecule has 0 aromatic carbocycles. The molecule has 0 saturated carbocycles. The van der Waals surface area contributed by atoms with E-state index >= 15 is 0 Å². The van der Waals surface area contributed by atoms with Gasteiger partial charge >= 0.3 is 0 Å². The fourth-order valence-corrected chi connectivity index (χ4v) is 4.69. The van der Waals surface area contributed by atoms with Crippen molar-refractivity contribution in [1.82, 2.24) is 14.9 Å². The minimum atomic E-state index is 0.257. The van der Waals surface area contributed by atoms with Crippen molar-refractivity contribution in [2.75, 3.05) is 32.4 Å². The Kier molecular flexibility index (Phi) is 6.67. The lowest BCUT2D eigenvalue weighted by atomic mass is 10.1. The van der Waals surface area contributed by atoms with Gasteiger partial charge in [-0.05, 0) is 43.5 Å². The molecular formula is C19H27N4OS2+. The number of thiophene rings is 1. The van der Waals surface area contributed by atoms with Crippen molar-refractivity contribution >= 4 is 29.0 Å². The molecule has 0 radical (unpaired) electrons. The molecule has 1 aliphatic rings. The van der Waals surface area contributed by atoms with Gasteiger partial charge in [0.2, 0.25) is 5.91 Å².